The summed E-state index contributed by atoms with van der Waals surface area (Å²) in [6.07, 6.45) is 0. The maximum Gasteiger partial charge on any atom is 0.328 e. The minimum absolute atomic E-state index is 0.0158. The Balaban J connectivity index is 1.94. The Morgan fingerprint density at radius 1 is 1.63 bits per heavy atom. The third kappa shape index (κ3) is 3.32. The van der Waals surface area contributed by atoms with Crippen LogP contribution in [-0.2, 0) is 16.1 Å². The first-order valence-corrected chi connectivity index (χ1v) is 6.47. The molecular formula is C10H13N3O5S. The second-order valence-electron chi connectivity index (χ2n) is 3.95. The van der Waals surface area contributed by atoms with Crippen molar-refractivity contribution >= 4 is 23.3 Å². The highest BCUT2D eigenvalue weighted by atomic mass is 32.1. The number of ether oxygens (including phenoxy) is 1. The van der Waals surface area contributed by atoms with Gasteiger partial charge in [0.15, 0.2) is 6.04 Å². The number of hydrogen-bond donors (Lipinski definition) is 3. The predicted octanol–water partition coefficient (Wildman–Crippen LogP) is -0.569. The summed E-state index contributed by atoms with van der Waals surface area (Å²) in [5.41, 5.74) is 0.587. The van der Waals surface area contributed by atoms with E-state index in [0.717, 1.165) is 11.3 Å². The molecule has 8 nitrogen and oxygen atoms in total. The van der Waals surface area contributed by atoms with Crippen molar-refractivity contribution in [2.45, 2.75) is 12.6 Å². The van der Waals surface area contributed by atoms with Gasteiger partial charge in [0.05, 0.1) is 19.8 Å². The summed E-state index contributed by atoms with van der Waals surface area (Å²) in [4.78, 5) is 37.4. The van der Waals surface area contributed by atoms with Crippen molar-refractivity contribution in [1.82, 2.24) is 15.2 Å². The maximum absolute atomic E-state index is 11.9. The fourth-order valence-electron chi connectivity index (χ4n) is 1.72. The number of carbonyl (C=O) groups is 2. The van der Waals surface area contributed by atoms with Crippen LogP contribution in [0.4, 0.5) is 4.79 Å². The number of carboxylic acid groups (broad SMARTS) is 1. The Hall–Kier alpha value is -1.87. The number of nitrogens with zero attached hydrogens (tertiary/aromatic N) is 1. The molecule has 19 heavy (non-hydrogen) atoms. The standard InChI is InChI=1S/C10H13N3O5S/c14-8(15)7-4-18-2-1-13(7)9(16)11-3-6-5-19-10(17)12-6/h5,7H,1-4H2,(H,11,16)(H,12,17)(H,14,15). The van der Waals surface area contributed by atoms with Gasteiger partial charge in [0, 0.05) is 17.6 Å². The molecule has 1 aliphatic heterocycles. The first-order chi connectivity index (χ1) is 9.08. The molecule has 0 bridgehead atoms. The lowest BCUT2D eigenvalue weighted by Gasteiger charge is -2.32. The molecule has 104 valence electrons. The minimum Gasteiger partial charge on any atom is -0.480 e. The van der Waals surface area contributed by atoms with Crippen molar-refractivity contribution in [3.63, 3.8) is 0 Å². The Morgan fingerprint density at radius 2 is 2.42 bits per heavy atom. The van der Waals surface area contributed by atoms with Crippen LogP contribution in [0.25, 0.3) is 0 Å². The molecule has 0 radical (unpaired) electrons. The van der Waals surface area contributed by atoms with E-state index in [-0.39, 0.29) is 24.6 Å². The normalized spacial score (nSPS) is 19.2. The van der Waals surface area contributed by atoms with Crippen molar-refractivity contribution in [2.24, 2.45) is 0 Å². The summed E-state index contributed by atoms with van der Waals surface area (Å²) in [6.45, 7) is 0.675. The van der Waals surface area contributed by atoms with Crippen LogP contribution < -0.4 is 10.2 Å². The van der Waals surface area contributed by atoms with E-state index in [1.807, 2.05) is 0 Å². The highest BCUT2D eigenvalue weighted by molar-refractivity contribution is 7.07. The number of nitrogens with one attached hydrogen (secondary N) is 2. The van der Waals surface area contributed by atoms with Crippen LogP contribution in [0.3, 0.4) is 0 Å². The summed E-state index contributed by atoms with van der Waals surface area (Å²) >= 11 is 1.01. The summed E-state index contributed by atoms with van der Waals surface area (Å²) in [6, 6.07) is -1.46. The number of carbonyl (C=O) groups excluding carboxylic acids is 1. The van der Waals surface area contributed by atoms with E-state index in [1.165, 1.54) is 4.90 Å². The van der Waals surface area contributed by atoms with Crippen molar-refractivity contribution in [3.05, 3.63) is 20.7 Å². The molecule has 0 saturated carbocycles. The van der Waals surface area contributed by atoms with Crippen molar-refractivity contribution in [2.75, 3.05) is 19.8 Å². The van der Waals surface area contributed by atoms with Crippen molar-refractivity contribution in [3.8, 4) is 0 Å². The van der Waals surface area contributed by atoms with Gasteiger partial charge in [-0.05, 0) is 0 Å². The summed E-state index contributed by atoms with van der Waals surface area (Å²) in [5, 5.41) is 13.2. The number of hydrogen-bond acceptors (Lipinski definition) is 5. The molecule has 9 heteroatoms. The smallest absolute Gasteiger partial charge is 0.328 e. The van der Waals surface area contributed by atoms with Gasteiger partial charge in [-0.25, -0.2) is 9.59 Å². The second-order valence-corrected chi connectivity index (χ2v) is 4.80. The largest absolute Gasteiger partial charge is 0.480 e. The quantitative estimate of drug-likeness (QED) is 0.689. The number of aliphatic carboxylic acids is 1. The molecule has 1 aliphatic rings. The van der Waals surface area contributed by atoms with E-state index in [1.54, 1.807) is 5.38 Å². The van der Waals surface area contributed by atoms with Gasteiger partial charge in [0.1, 0.15) is 0 Å². The maximum atomic E-state index is 11.9. The monoisotopic (exact) mass is 287 g/mol. The Kier molecular flexibility index (Phi) is 4.17. The second kappa shape index (κ2) is 5.85. The third-order valence-electron chi connectivity index (χ3n) is 2.68. The van der Waals surface area contributed by atoms with E-state index in [2.05, 4.69) is 10.3 Å². The molecule has 2 heterocycles. The van der Waals surface area contributed by atoms with Crippen LogP contribution in [-0.4, -0.2) is 52.8 Å². The molecule has 0 aliphatic carbocycles. The molecule has 1 saturated heterocycles. The van der Waals surface area contributed by atoms with Crippen LogP contribution in [0, 0.1) is 0 Å². The molecular weight excluding hydrogens is 274 g/mol. The molecule has 2 amide bonds. The van der Waals surface area contributed by atoms with Gasteiger partial charge >= 0.3 is 16.9 Å². The summed E-state index contributed by atoms with van der Waals surface area (Å²) in [5.74, 6) is -1.10. The molecule has 1 fully saturated rings. The van der Waals surface area contributed by atoms with E-state index < -0.39 is 18.0 Å². The number of aromatic amines is 1. The van der Waals surface area contributed by atoms with Crippen molar-refractivity contribution < 1.29 is 19.4 Å². The molecule has 2 rings (SSSR count). The lowest BCUT2D eigenvalue weighted by molar-refractivity contribution is -0.147. The number of carboxylic acids is 1. The summed E-state index contributed by atoms with van der Waals surface area (Å²) in [7, 11) is 0. The lowest BCUT2D eigenvalue weighted by Crippen LogP contribution is -2.55. The van der Waals surface area contributed by atoms with Crippen molar-refractivity contribution in [1.29, 1.82) is 0 Å². The SMILES string of the molecule is O=C(O)C1COCCN1C(=O)NCc1csc(=O)[nH]1. The molecule has 3 N–H and O–H groups in total. The average Bonchev–Trinajstić information content (AvgIpc) is 2.81. The molecule has 0 aromatic carbocycles. The molecule has 1 atom stereocenters. The number of rotatable bonds is 3. The number of H-pyrrole nitrogens is 1. The van der Waals surface area contributed by atoms with Gasteiger partial charge < -0.3 is 25.0 Å². The topological polar surface area (TPSA) is 112 Å². The zero-order valence-electron chi connectivity index (χ0n) is 9.92. The van der Waals surface area contributed by atoms with Gasteiger partial charge in [-0.15, -0.1) is 0 Å². The Bertz CT molecular complexity index is 525. The van der Waals surface area contributed by atoms with E-state index in [9.17, 15) is 14.4 Å². The first kappa shape index (κ1) is 13.6. The zero-order chi connectivity index (χ0) is 13.8. The van der Waals surface area contributed by atoms with Crippen LogP contribution in [0.5, 0.6) is 0 Å². The highest BCUT2D eigenvalue weighted by Crippen LogP contribution is 2.07. The molecule has 1 aromatic rings. The van der Waals surface area contributed by atoms with Gasteiger partial charge in [-0.3, -0.25) is 4.79 Å². The van der Waals surface area contributed by atoms with Gasteiger partial charge in [0.2, 0.25) is 0 Å². The molecule has 1 unspecified atom stereocenters. The Labute approximate surface area is 112 Å². The fourth-order valence-corrected chi connectivity index (χ4v) is 2.31. The lowest BCUT2D eigenvalue weighted by atomic mass is 10.2. The number of aromatic nitrogens is 1. The average molecular weight is 287 g/mol. The van der Waals surface area contributed by atoms with Gasteiger partial charge in [-0.2, -0.15) is 0 Å². The first-order valence-electron chi connectivity index (χ1n) is 5.59. The molecule has 0 spiro atoms. The van der Waals surface area contributed by atoms with E-state index >= 15 is 0 Å². The van der Waals surface area contributed by atoms with E-state index in [0.29, 0.717) is 12.3 Å². The van der Waals surface area contributed by atoms with E-state index in [4.69, 9.17) is 9.84 Å². The van der Waals surface area contributed by atoms with Crippen LogP contribution in [0.2, 0.25) is 0 Å². The van der Waals surface area contributed by atoms with Crippen LogP contribution in [0.1, 0.15) is 5.69 Å². The number of urea groups is 1. The zero-order valence-corrected chi connectivity index (χ0v) is 10.7. The highest BCUT2D eigenvalue weighted by Gasteiger charge is 2.32. The van der Waals surface area contributed by atoms with Gasteiger partial charge in [-0.1, -0.05) is 11.3 Å². The fraction of sp³-hybridized carbons (Fsp3) is 0.500. The summed E-state index contributed by atoms with van der Waals surface area (Å²) < 4.78 is 5.04. The van der Waals surface area contributed by atoms with Gasteiger partial charge in [0.25, 0.3) is 0 Å². The number of morpholine rings is 1. The Morgan fingerprint density at radius 3 is 3.05 bits per heavy atom. The number of thiazole rings is 1. The minimum atomic E-state index is -1.10. The number of amides is 2. The third-order valence-corrected chi connectivity index (χ3v) is 3.39. The van der Waals surface area contributed by atoms with Crippen LogP contribution in [0.15, 0.2) is 10.2 Å². The molecule has 1 aromatic heterocycles. The predicted molar refractivity (Wildman–Crippen MR) is 66.1 cm³/mol. The van der Waals surface area contributed by atoms with Crippen LogP contribution >= 0.6 is 11.3 Å².